The number of carboxylic acids is 4. The first-order valence-electron chi connectivity index (χ1n) is 32.0. The molecule has 0 radical (unpaired) electrons. The number of carbonyl (C=O) groups excluding carboxylic acids is 5. The van der Waals surface area contributed by atoms with Gasteiger partial charge >= 0.3 is 23.9 Å². The highest BCUT2D eigenvalue weighted by Crippen LogP contribution is 2.12. The van der Waals surface area contributed by atoms with Crippen LogP contribution in [0.4, 0.5) is 0 Å². The number of aldehydes is 1. The normalized spacial score (nSPS) is 11.8. The molecule has 13 N–H and O–H groups in total. The summed E-state index contributed by atoms with van der Waals surface area (Å²) in [5, 5.41) is 49.6. The van der Waals surface area contributed by atoms with E-state index in [0.717, 1.165) is 48.7 Å². The molecule has 4 unspecified atom stereocenters. The summed E-state index contributed by atoms with van der Waals surface area (Å²) in [6.07, 6.45) is 23.1. The predicted molar refractivity (Wildman–Crippen MR) is 359 cm³/mol. The lowest BCUT2D eigenvalue weighted by Crippen LogP contribution is -2.38. The van der Waals surface area contributed by atoms with Gasteiger partial charge in [-0.1, -0.05) is 147 Å². The summed E-state index contributed by atoms with van der Waals surface area (Å²) < 4.78 is 0. The quantitative estimate of drug-likeness (QED) is 0.0153. The van der Waals surface area contributed by atoms with Gasteiger partial charge in [-0.25, -0.2) is 0 Å². The molecule has 0 aromatic rings. The third-order valence-electron chi connectivity index (χ3n) is 12.3. The lowest BCUT2D eigenvalue weighted by atomic mass is 10.0. The zero-order valence-electron chi connectivity index (χ0n) is 55.0. The topological polar surface area (TPSA) is 347 Å². The molecule has 0 aliphatic rings. The zero-order chi connectivity index (χ0) is 66.3. The van der Waals surface area contributed by atoms with Gasteiger partial charge in [0.1, 0.15) is 18.4 Å². The molecule has 0 rings (SSSR count). The van der Waals surface area contributed by atoms with Crippen molar-refractivity contribution in [1.29, 1.82) is 0 Å². The number of thiol groups is 1. The summed E-state index contributed by atoms with van der Waals surface area (Å²) >= 11 is 7.37. The minimum absolute atomic E-state index is 0.000852. The molecule has 0 aliphatic carbocycles. The molecule has 0 saturated carbocycles. The maximum absolute atomic E-state index is 12.0. The molecule has 5 atom stereocenters. The number of aliphatic carboxylic acids is 4. The minimum atomic E-state index is -1.01. The fourth-order valence-electron chi connectivity index (χ4n) is 5.64. The van der Waals surface area contributed by atoms with Crippen LogP contribution in [0.5, 0.6) is 0 Å². The largest absolute Gasteiger partial charge is 0.481 e. The number of unbranched alkanes of at least 4 members (excludes halogenated alkanes) is 9. The van der Waals surface area contributed by atoms with E-state index in [1.165, 1.54) is 64.2 Å². The fourth-order valence-corrected chi connectivity index (χ4v) is 7.51. The summed E-state index contributed by atoms with van der Waals surface area (Å²) in [6, 6.07) is -2.20. The van der Waals surface area contributed by atoms with Crippen LogP contribution in [0.2, 0.25) is 0 Å². The SMILES string of the molecule is CCC(CCC(=O)NCCSCCCC(=O)NCCCCC(N)C(=O)O)C(=O)O.CCCC.CCCC.CCCC.CCCC.CCCC.NC(CCCCNC(=O)CCCCCSCCNC(=O)CCC(CN[C@H](C=O)CS)C(=O)O)C(=O)O. The molecule has 0 saturated heterocycles. The smallest absolute Gasteiger partial charge is 0.320 e. The standard InChI is InChI=1S/C23H42N4O7S2.C19H35N3O6S.5C4H10/c24-19(23(33)34)6-3-4-10-25-20(29)7-2-1-5-12-36-13-11-26-21(30)9-8-17(22(31)32)14-27-18(15-28)16-35;1-2-14(18(25)26)8-9-17(24)22-11-13-29-12-5-7-16(23)21-10-4-3-6-15(20)19(27)28;5*1-3-4-2/h15,17-19,27,35H,1-14,16,24H2,(H,25,29)(H,26,30)(H,31,32)(H,33,34);14-15H,2-13,20H2,1H3,(H,21,23)(H,22,24)(H,25,26)(H,27,28);5*3-4H2,1-2H3/t17?,18-,19?;;;;;;/m1....../s1. The second-order valence-corrected chi connectivity index (χ2v) is 23.1. The molecule has 506 valence electrons. The van der Waals surface area contributed by atoms with E-state index in [9.17, 15) is 48.3 Å². The van der Waals surface area contributed by atoms with Crippen molar-refractivity contribution >= 4 is 89.9 Å². The Labute approximate surface area is 529 Å². The number of nitrogens with two attached hydrogens (primary N) is 2. The van der Waals surface area contributed by atoms with Crippen LogP contribution in [0.25, 0.3) is 0 Å². The number of hydrogen-bond donors (Lipinski definition) is 12. The van der Waals surface area contributed by atoms with Gasteiger partial charge in [0, 0.05) is 75.7 Å². The molecule has 0 aliphatic heterocycles. The minimum Gasteiger partial charge on any atom is -0.481 e. The Morgan fingerprint density at radius 2 is 0.753 bits per heavy atom. The fraction of sp³-hybridized carbons (Fsp3) is 0.855. The van der Waals surface area contributed by atoms with Gasteiger partial charge in [0.2, 0.25) is 23.6 Å². The van der Waals surface area contributed by atoms with Gasteiger partial charge in [0.25, 0.3) is 0 Å². The third kappa shape index (κ3) is 84.6. The van der Waals surface area contributed by atoms with Crippen LogP contribution in [-0.4, -0.2) is 154 Å². The van der Waals surface area contributed by atoms with Crippen molar-refractivity contribution in [3.8, 4) is 0 Å². The second kappa shape index (κ2) is 78.4. The van der Waals surface area contributed by atoms with E-state index in [0.29, 0.717) is 96.7 Å². The van der Waals surface area contributed by atoms with Crippen molar-refractivity contribution in [2.24, 2.45) is 23.3 Å². The van der Waals surface area contributed by atoms with Crippen LogP contribution < -0.4 is 38.1 Å². The second-order valence-electron chi connectivity index (χ2n) is 20.3. The maximum Gasteiger partial charge on any atom is 0.320 e. The highest BCUT2D eigenvalue weighted by Gasteiger charge is 2.20. The van der Waals surface area contributed by atoms with Crippen LogP contribution in [0, 0.1) is 11.8 Å². The number of hydrogen-bond acceptors (Lipinski definition) is 15. The highest BCUT2D eigenvalue weighted by atomic mass is 32.2. The van der Waals surface area contributed by atoms with Crippen LogP contribution in [0.15, 0.2) is 0 Å². The molecule has 0 aromatic heterocycles. The molecule has 20 nitrogen and oxygen atoms in total. The molecule has 0 fully saturated rings. The molecule has 4 amide bonds. The van der Waals surface area contributed by atoms with Gasteiger partial charge in [-0.3, -0.25) is 38.4 Å². The van der Waals surface area contributed by atoms with Crippen LogP contribution >= 0.6 is 36.2 Å². The third-order valence-corrected chi connectivity index (χ3v) is 14.8. The average Bonchev–Trinajstić information content (AvgIpc) is 3.49. The van der Waals surface area contributed by atoms with Crippen molar-refractivity contribution in [1.82, 2.24) is 26.6 Å². The number of rotatable bonds is 47. The Kier molecular flexibility index (Phi) is 87.6. The summed E-state index contributed by atoms with van der Waals surface area (Å²) in [5.41, 5.74) is 10.8. The van der Waals surface area contributed by atoms with E-state index in [-0.39, 0.29) is 55.2 Å². The molecule has 0 aromatic carbocycles. The van der Waals surface area contributed by atoms with Gasteiger partial charge in [-0.05, 0) is 88.6 Å². The first-order chi connectivity index (χ1) is 40.5. The monoisotopic (exact) mass is 1270 g/mol. The highest BCUT2D eigenvalue weighted by molar-refractivity contribution is 7.99. The number of thioether (sulfide) groups is 2. The van der Waals surface area contributed by atoms with Crippen LogP contribution in [0.3, 0.4) is 0 Å². The summed E-state index contributed by atoms with van der Waals surface area (Å²) in [7, 11) is 0. The van der Waals surface area contributed by atoms with E-state index < -0.39 is 53.8 Å². The first-order valence-corrected chi connectivity index (χ1v) is 34.9. The maximum atomic E-state index is 12.0. The van der Waals surface area contributed by atoms with Crippen molar-refractivity contribution in [3.63, 3.8) is 0 Å². The summed E-state index contributed by atoms with van der Waals surface area (Å²) in [6.45, 7) is 25.8. The summed E-state index contributed by atoms with van der Waals surface area (Å²) in [4.78, 5) is 101. The zero-order valence-corrected chi connectivity index (χ0v) is 57.5. The van der Waals surface area contributed by atoms with Gasteiger partial charge in [0.05, 0.1) is 17.9 Å². The number of nitrogens with one attached hydrogen (secondary N) is 5. The van der Waals surface area contributed by atoms with E-state index in [4.69, 9.17) is 26.8 Å². The van der Waals surface area contributed by atoms with Crippen LogP contribution in [-0.2, 0) is 43.2 Å². The number of amides is 4. The van der Waals surface area contributed by atoms with Crippen molar-refractivity contribution in [2.75, 3.05) is 61.5 Å². The van der Waals surface area contributed by atoms with E-state index in [2.05, 4.69) is 108 Å². The van der Waals surface area contributed by atoms with Gasteiger partial charge in [-0.2, -0.15) is 36.2 Å². The molecule has 0 bridgehead atoms. The van der Waals surface area contributed by atoms with E-state index in [1.54, 1.807) is 30.4 Å². The van der Waals surface area contributed by atoms with Crippen molar-refractivity contribution in [2.45, 2.75) is 268 Å². The summed E-state index contributed by atoms with van der Waals surface area (Å²) in [5.74, 6) is -1.94. The van der Waals surface area contributed by atoms with E-state index in [1.807, 2.05) is 0 Å². The Balaban J connectivity index is -0.000000218. The Morgan fingerprint density at radius 3 is 1.08 bits per heavy atom. The number of carboxylic acid groups (broad SMARTS) is 4. The molecular formula is C62H127N7O13S3. The van der Waals surface area contributed by atoms with Gasteiger partial charge < -0.3 is 63.3 Å². The lowest BCUT2D eigenvalue weighted by molar-refractivity contribution is -0.143. The molecule has 0 heterocycles. The van der Waals surface area contributed by atoms with Crippen molar-refractivity contribution in [3.05, 3.63) is 0 Å². The average molecular weight is 1270 g/mol. The first kappa shape index (κ1) is 95.0. The van der Waals surface area contributed by atoms with E-state index >= 15 is 0 Å². The van der Waals surface area contributed by atoms with Crippen LogP contribution in [0.1, 0.15) is 250 Å². The number of carbonyl (C=O) groups is 9. The van der Waals surface area contributed by atoms with Gasteiger partial charge in [0.15, 0.2) is 0 Å². The molecular weight excluding hydrogens is 1150 g/mol. The molecule has 85 heavy (non-hydrogen) atoms. The molecule has 23 heteroatoms. The Morgan fingerprint density at radius 1 is 0.412 bits per heavy atom. The predicted octanol–water partition coefficient (Wildman–Crippen LogP) is 10.9. The van der Waals surface area contributed by atoms with Gasteiger partial charge in [-0.15, -0.1) is 0 Å². The Hall–Kier alpha value is -3.64. The Bertz CT molecular complexity index is 1530. The molecule has 0 spiro atoms. The van der Waals surface area contributed by atoms with Crippen molar-refractivity contribution < 1.29 is 63.6 Å². The lowest BCUT2D eigenvalue weighted by Gasteiger charge is -2.15.